The molecule has 1 atom stereocenters. The Kier molecular flexibility index (Phi) is 5.56. The summed E-state index contributed by atoms with van der Waals surface area (Å²) >= 11 is 0. The fourth-order valence-electron chi connectivity index (χ4n) is 1.98. The van der Waals surface area contributed by atoms with Crippen LogP contribution in [0.2, 0.25) is 0 Å². The minimum absolute atomic E-state index is 0.377. The van der Waals surface area contributed by atoms with Crippen LogP contribution in [0.4, 0.5) is 0 Å². The van der Waals surface area contributed by atoms with Crippen LogP contribution in [-0.4, -0.2) is 11.5 Å². The van der Waals surface area contributed by atoms with Gasteiger partial charge >= 0.3 is 0 Å². The van der Waals surface area contributed by atoms with Crippen molar-refractivity contribution in [1.82, 2.24) is 10.3 Å². The summed E-state index contributed by atoms with van der Waals surface area (Å²) in [7, 11) is 0. The standard InChI is InChI=1S/C17H22N2O/c1-3-10-19-14(2)16-6-8-17(9-7-16)20-13-15-5-4-11-18-12-15/h4-9,11-12,14,19H,3,10,13H2,1-2H3. The molecule has 20 heavy (non-hydrogen) atoms. The number of nitrogens with one attached hydrogen (secondary N) is 1. The summed E-state index contributed by atoms with van der Waals surface area (Å²) in [5.41, 5.74) is 2.36. The van der Waals surface area contributed by atoms with Crippen molar-refractivity contribution in [1.29, 1.82) is 0 Å². The molecule has 3 nitrogen and oxygen atoms in total. The number of pyridine rings is 1. The lowest BCUT2D eigenvalue weighted by Gasteiger charge is -2.14. The van der Waals surface area contributed by atoms with Gasteiger partial charge in [-0.05, 0) is 43.7 Å². The lowest BCUT2D eigenvalue weighted by Crippen LogP contribution is -2.19. The first-order valence-electron chi connectivity index (χ1n) is 7.14. The zero-order chi connectivity index (χ0) is 14.2. The minimum Gasteiger partial charge on any atom is -0.489 e. The van der Waals surface area contributed by atoms with Crippen molar-refractivity contribution < 1.29 is 4.74 Å². The van der Waals surface area contributed by atoms with Crippen molar-refractivity contribution in [2.75, 3.05) is 6.54 Å². The van der Waals surface area contributed by atoms with Gasteiger partial charge in [-0.25, -0.2) is 0 Å². The van der Waals surface area contributed by atoms with Gasteiger partial charge in [-0.3, -0.25) is 4.98 Å². The SMILES string of the molecule is CCCNC(C)c1ccc(OCc2cccnc2)cc1. The van der Waals surface area contributed by atoms with Gasteiger partial charge in [-0.1, -0.05) is 25.1 Å². The lowest BCUT2D eigenvalue weighted by atomic mass is 10.1. The second-order valence-electron chi connectivity index (χ2n) is 4.89. The van der Waals surface area contributed by atoms with Gasteiger partial charge in [0.2, 0.25) is 0 Å². The zero-order valence-corrected chi connectivity index (χ0v) is 12.2. The Bertz CT molecular complexity index is 496. The highest BCUT2D eigenvalue weighted by Gasteiger charge is 2.04. The Morgan fingerprint density at radius 3 is 2.65 bits per heavy atom. The summed E-state index contributed by atoms with van der Waals surface area (Å²) in [5.74, 6) is 0.889. The van der Waals surface area contributed by atoms with E-state index in [0.717, 1.165) is 24.3 Å². The van der Waals surface area contributed by atoms with Gasteiger partial charge in [-0.15, -0.1) is 0 Å². The van der Waals surface area contributed by atoms with Gasteiger partial charge in [0.1, 0.15) is 12.4 Å². The van der Waals surface area contributed by atoms with Crippen molar-refractivity contribution in [3.8, 4) is 5.75 Å². The smallest absolute Gasteiger partial charge is 0.119 e. The number of aromatic nitrogens is 1. The molecule has 0 fully saturated rings. The third-order valence-corrected chi connectivity index (χ3v) is 3.21. The van der Waals surface area contributed by atoms with Crippen LogP contribution in [-0.2, 0) is 6.61 Å². The van der Waals surface area contributed by atoms with E-state index in [2.05, 4.69) is 36.3 Å². The largest absolute Gasteiger partial charge is 0.489 e. The van der Waals surface area contributed by atoms with Crippen LogP contribution in [0.15, 0.2) is 48.8 Å². The first-order chi connectivity index (χ1) is 9.79. The molecule has 1 heterocycles. The molecule has 0 aliphatic carbocycles. The molecule has 0 aliphatic heterocycles. The predicted molar refractivity (Wildman–Crippen MR) is 81.7 cm³/mol. The van der Waals surface area contributed by atoms with E-state index in [-0.39, 0.29) is 0 Å². The number of hydrogen-bond donors (Lipinski definition) is 1. The van der Waals surface area contributed by atoms with Crippen LogP contribution in [0, 0.1) is 0 Å². The van der Waals surface area contributed by atoms with Crippen LogP contribution < -0.4 is 10.1 Å². The van der Waals surface area contributed by atoms with Crippen molar-refractivity contribution in [3.05, 3.63) is 59.9 Å². The number of rotatable bonds is 7. The molecule has 2 rings (SSSR count). The molecule has 2 aromatic rings. The molecule has 0 aliphatic rings. The molecule has 1 aromatic heterocycles. The lowest BCUT2D eigenvalue weighted by molar-refractivity contribution is 0.305. The third kappa shape index (κ3) is 4.35. The molecule has 1 aromatic carbocycles. The number of hydrogen-bond acceptors (Lipinski definition) is 3. The average Bonchev–Trinajstić information content (AvgIpc) is 2.52. The van der Waals surface area contributed by atoms with Gasteiger partial charge in [0.05, 0.1) is 0 Å². The van der Waals surface area contributed by atoms with Crippen LogP contribution >= 0.6 is 0 Å². The molecule has 0 spiro atoms. The highest BCUT2D eigenvalue weighted by atomic mass is 16.5. The second kappa shape index (κ2) is 7.65. The molecule has 0 saturated carbocycles. The maximum absolute atomic E-state index is 5.75. The summed E-state index contributed by atoms with van der Waals surface area (Å²) < 4.78 is 5.75. The summed E-state index contributed by atoms with van der Waals surface area (Å²) in [6.45, 7) is 5.95. The van der Waals surface area contributed by atoms with E-state index in [9.17, 15) is 0 Å². The predicted octanol–water partition coefficient (Wildman–Crippen LogP) is 3.72. The Hall–Kier alpha value is -1.87. The van der Waals surface area contributed by atoms with Gasteiger partial charge < -0.3 is 10.1 Å². The quantitative estimate of drug-likeness (QED) is 0.832. The maximum atomic E-state index is 5.75. The van der Waals surface area contributed by atoms with Crippen LogP contribution in [0.3, 0.4) is 0 Å². The summed E-state index contributed by atoms with van der Waals surface area (Å²) in [6.07, 6.45) is 4.74. The van der Waals surface area contributed by atoms with Crippen molar-refractivity contribution in [2.45, 2.75) is 32.9 Å². The van der Waals surface area contributed by atoms with E-state index in [1.54, 1.807) is 6.20 Å². The normalized spacial score (nSPS) is 12.1. The van der Waals surface area contributed by atoms with E-state index < -0.39 is 0 Å². The summed E-state index contributed by atoms with van der Waals surface area (Å²) in [6, 6.07) is 12.6. The molecule has 1 N–H and O–H groups in total. The third-order valence-electron chi connectivity index (χ3n) is 3.21. The van der Waals surface area contributed by atoms with E-state index in [1.807, 2.05) is 30.5 Å². The van der Waals surface area contributed by atoms with Crippen LogP contribution in [0.25, 0.3) is 0 Å². The molecular weight excluding hydrogens is 248 g/mol. The summed E-state index contributed by atoms with van der Waals surface area (Å²) in [4.78, 5) is 4.07. The van der Waals surface area contributed by atoms with E-state index in [0.29, 0.717) is 12.6 Å². The van der Waals surface area contributed by atoms with E-state index in [4.69, 9.17) is 4.74 Å². The Morgan fingerprint density at radius 2 is 2.00 bits per heavy atom. The van der Waals surface area contributed by atoms with Gasteiger partial charge in [0.15, 0.2) is 0 Å². The van der Waals surface area contributed by atoms with E-state index in [1.165, 1.54) is 5.56 Å². The van der Waals surface area contributed by atoms with Gasteiger partial charge in [0, 0.05) is 24.0 Å². The molecule has 0 saturated heterocycles. The molecule has 3 heteroatoms. The Balaban J connectivity index is 1.88. The Morgan fingerprint density at radius 1 is 1.20 bits per heavy atom. The van der Waals surface area contributed by atoms with Crippen molar-refractivity contribution >= 4 is 0 Å². The van der Waals surface area contributed by atoms with Crippen molar-refractivity contribution in [3.63, 3.8) is 0 Å². The highest BCUT2D eigenvalue weighted by molar-refractivity contribution is 5.29. The summed E-state index contributed by atoms with van der Waals surface area (Å²) in [5, 5.41) is 3.48. The first-order valence-corrected chi connectivity index (χ1v) is 7.14. The molecule has 0 bridgehead atoms. The highest BCUT2D eigenvalue weighted by Crippen LogP contribution is 2.18. The molecule has 0 amide bonds. The fraction of sp³-hybridized carbons (Fsp3) is 0.353. The van der Waals surface area contributed by atoms with E-state index >= 15 is 0 Å². The average molecular weight is 270 g/mol. The Labute approximate surface area is 121 Å². The number of ether oxygens (including phenoxy) is 1. The maximum Gasteiger partial charge on any atom is 0.119 e. The van der Waals surface area contributed by atoms with Crippen LogP contribution in [0.1, 0.15) is 37.4 Å². The molecule has 0 radical (unpaired) electrons. The molecule has 106 valence electrons. The second-order valence-corrected chi connectivity index (χ2v) is 4.89. The number of benzene rings is 1. The molecular formula is C17H22N2O. The number of nitrogens with zero attached hydrogens (tertiary/aromatic N) is 1. The first kappa shape index (κ1) is 14.5. The monoisotopic (exact) mass is 270 g/mol. The van der Waals surface area contributed by atoms with Gasteiger partial charge in [-0.2, -0.15) is 0 Å². The van der Waals surface area contributed by atoms with Gasteiger partial charge in [0.25, 0.3) is 0 Å². The fourth-order valence-corrected chi connectivity index (χ4v) is 1.98. The van der Waals surface area contributed by atoms with Crippen LogP contribution in [0.5, 0.6) is 5.75 Å². The molecule has 1 unspecified atom stereocenters. The topological polar surface area (TPSA) is 34.1 Å². The minimum atomic E-state index is 0.377. The van der Waals surface area contributed by atoms with Crippen molar-refractivity contribution in [2.24, 2.45) is 0 Å². The zero-order valence-electron chi connectivity index (χ0n) is 12.2.